The van der Waals surface area contributed by atoms with Crippen LogP contribution in [-0.2, 0) is 17.6 Å². The first-order chi connectivity index (χ1) is 8.89. The Hall–Kier alpha value is -1.84. The van der Waals surface area contributed by atoms with E-state index in [4.69, 9.17) is 4.74 Å². The number of aryl methyl sites for hydroxylation is 1. The van der Waals surface area contributed by atoms with Gasteiger partial charge in [0.05, 0.1) is 0 Å². The Morgan fingerprint density at radius 1 is 1.32 bits per heavy atom. The molecule has 1 aliphatic rings. The molecule has 2 rings (SSSR count). The number of aldehydes is 1. The van der Waals surface area contributed by atoms with Crippen molar-refractivity contribution in [2.45, 2.75) is 45.6 Å². The molecule has 0 radical (unpaired) electrons. The Labute approximate surface area is 113 Å². The summed E-state index contributed by atoms with van der Waals surface area (Å²) in [7, 11) is 0. The van der Waals surface area contributed by atoms with Crippen molar-refractivity contribution >= 4 is 18.1 Å². The molecule has 1 aromatic rings. The highest BCUT2D eigenvalue weighted by Crippen LogP contribution is 2.28. The summed E-state index contributed by atoms with van der Waals surface area (Å²) in [5.74, 6) is 0. The predicted molar refractivity (Wildman–Crippen MR) is 73.7 cm³/mol. The molecule has 1 aromatic carbocycles. The number of benzene rings is 1. The minimum absolute atomic E-state index is 0.498. The fraction of sp³-hybridized carbons (Fsp3) is 0.467. The van der Waals surface area contributed by atoms with Crippen LogP contribution in [0.15, 0.2) is 12.1 Å². The van der Waals surface area contributed by atoms with Crippen LogP contribution in [0.2, 0.25) is 0 Å². The van der Waals surface area contributed by atoms with Gasteiger partial charge in [-0.05, 0) is 63.3 Å². The second-order valence-electron chi connectivity index (χ2n) is 5.80. The third-order valence-electron chi connectivity index (χ3n) is 3.02. The molecule has 4 nitrogen and oxygen atoms in total. The van der Waals surface area contributed by atoms with Crippen molar-refractivity contribution in [3.05, 3.63) is 28.8 Å². The second-order valence-corrected chi connectivity index (χ2v) is 5.80. The summed E-state index contributed by atoms with van der Waals surface area (Å²) in [5.41, 5.74) is 3.02. The zero-order chi connectivity index (χ0) is 14.0. The molecule has 102 valence electrons. The molecule has 0 fully saturated rings. The van der Waals surface area contributed by atoms with Gasteiger partial charge >= 0.3 is 6.09 Å². The molecule has 0 bridgehead atoms. The third-order valence-corrected chi connectivity index (χ3v) is 3.02. The van der Waals surface area contributed by atoms with Gasteiger partial charge in [-0.3, -0.25) is 10.1 Å². The lowest BCUT2D eigenvalue weighted by Gasteiger charge is -2.20. The molecule has 1 aliphatic carbocycles. The number of amides is 1. The number of anilines is 1. The van der Waals surface area contributed by atoms with Crippen LogP contribution in [0.4, 0.5) is 10.5 Å². The van der Waals surface area contributed by atoms with Crippen LogP contribution in [0.1, 0.15) is 48.7 Å². The summed E-state index contributed by atoms with van der Waals surface area (Å²) in [6.45, 7) is 5.43. The number of carbonyl (C=O) groups excluding carboxylic acids is 2. The van der Waals surface area contributed by atoms with E-state index in [0.717, 1.165) is 36.7 Å². The van der Waals surface area contributed by atoms with Crippen LogP contribution in [0, 0.1) is 0 Å². The molecule has 19 heavy (non-hydrogen) atoms. The monoisotopic (exact) mass is 261 g/mol. The van der Waals surface area contributed by atoms with Gasteiger partial charge in [-0.25, -0.2) is 4.79 Å². The third kappa shape index (κ3) is 3.34. The Morgan fingerprint density at radius 2 is 2.05 bits per heavy atom. The largest absolute Gasteiger partial charge is 0.444 e. The van der Waals surface area contributed by atoms with E-state index < -0.39 is 11.7 Å². The summed E-state index contributed by atoms with van der Waals surface area (Å²) in [6, 6.07) is 3.64. The van der Waals surface area contributed by atoms with E-state index in [-0.39, 0.29) is 0 Å². The summed E-state index contributed by atoms with van der Waals surface area (Å²) >= 11 is 0. The maximum Gasteiger partial charge on any atom is 0.412 e. The van der Waals surface area contributed by atoms with Gasteiger partial charge in [-0.15, -0.1) is 0 Å². The van der Waals surface area contributed by atoms with Crippen LogP contribution in [0.5, 0.6) is 0 Å². The minimum atomic E-state index is -0.533. The first kappa shape index (κ1) is 13.6. The second kappa shape index (κ2) is 5.03. The quantitative estimate of drug-likeness (QED) is 0.831. The number of carbonyl (C=O) groups is 2. The number of nitrogens with one attached hydrogen (secondary N) is 1. The first-order valence-electron chi connectivity index (χ1n) is 6.50. The van der Waals surface area contributed by atoms with Crippen LogP contribution in [0.3, 0.4) is 0 Å². The molecular formula is C15H19NO3. The zero-order valence-corrected chi connectivity index (χ0v) is 11.6. The number of rotatable bonds is 2. The molecule has 0 saturated heterocycles. The van der Waals surface area contributed by atoms with Crippen molar-refractivity contribution in [3.8, 4) is 0 Å². The summed E-state index contributed by atoms with van der Waals surface area (Å²) in [4.78, 5) is 22.8. The van der Waals surface area contributed by atoms with Crippen molar-refractivity contribution in [1.82, 2.24) is 0 Å². The highest BCUT2D eigenvalue weighted by atomic mass is 16.6. The summed E-state index contributed by atoms with van der Waals surface area (Å²) < 4.78 is 5.20. The van der Waals surface area contributed by atoms with Crippen molar-refractivity contribution in [1.29, 1.82) is 0 Å². The molecular weight excluding hydrogens is 242 g/mol. The van der Waals surface area contributed by atoms with Gasteiger partial charge in [0, 0.05) is 11.3 Å². The maximum atomic E-state index is 11.7. The van der Waals surface area contributed by atoms with Crippen molar-refractivity contribution in [2.24, 2.45) is 0 Å². The normalized spacial score (nSPS) is 13.8. The van der Waals surface area contributed by atoms with E-state index >= 15 is 0 Å². The van der Waals surface area contributed by atoms with Gasteiger partial charge in [-0.1, -0.05) is 0 Å². The molecule has 4 heteroatoms. The zero-order valence-electron chi connectivity index (χ0n) is 11.6. The fourth-order valence-electron chi connectivity index (χ4n) is 2.34. The van der Waals surface area contributed by atoms with E-state index in [2.05, 4.69) is 5.32 Å². The van der Waals surface area contributed by atoms with Crippen molar-refractivity contribution in [2.75, 3.05) is 5.32 Å². The lowest BCUT2D eigenvalue weighted by molar-refractivity contribution is 0.0635. The Bertz CT molecular complexity index is 515. The Morgan fingerprint density at radius 3 is 2.68 bits per heavy atom. The van der Waals surface area contributed by atoms with Gasteiger partial charge < -0.3 is 4.74 Å². The highest BCUT2D eigenvalue weighted by Gasteiger charge is 2.19. The predicted octanol–water partition coefficient (Wildman–Crippen LogP) is 3.33. The van der Waals surface area contributed by atoms with E-state index in [9.17, 15) is 9.59 Å². The lowest BCUT2D eigenvalue weighted by atomic mass is 10.0. The van der Waals surface area contributed by atoms with Gasteiger partial charge in [0.25, 0.3) is 0 Å². The van der Waals surface area contributed by atoms with Crippen LogP contribution in [-0.4, -0.2) is 18.0 Å². The topological polar surface area (TPSA) is 55.4 Å². The van der Waals surface area contributed by atoms with Crippen LogP contribution < -0.4 is 5.32 Å². The van der Waals surface area contributed by atoms with Gasteiger partial charge in [0.15, 0.2) is 0 Å². The molecule has 0 saturated carbocycles. The maximum absolute atomic E-state index is 11.7. The van der Waals surface area contributed by atoms with E-state index in [1.54, 1.807) is 6.07 Å². The van der Waals surface area contributed by atoms with Crippen molar-refractivity contribution < 1.29 is 14.3 Å². The minimum Gasteiger partial charge on any atom is -0.444 e. The molecule has 0 heterocycles. The highest BCUT2D eigenvalue weighted by molar-refractivity contribution is 5.88. The van der Waals surface area contributed by atoms with Gasteiger partial charge in [0.1, 0.15) is 11.9 Å². The average Bonchev–Trinajstić information content (AvgIpc) is 2.73. The van der Waals surface area contributed by atoms with Crippen molar-refractivity contribution in [3.63, 3.8) is 0 Å². The lowest BCUT2D eigenvalue weighted by Crippen LogP contribution is -2.27. The van der Waals surface area contributed by atoms with Crippen LogP contribution in [0.25, 0.3) is 0 Å². The standard InChI is InChI=1S/C15H19NO3/c1-15(2,3)19-14(18)16-12-7-10-5-4-6-13(10)11(8-12)9-17/h7-9H,4-6H2,1-3H3,(H,16,18). The SMILES string of the molecule is CC(C)(C)OC(=O)Nc1cc(C=O)c2c(c1)CCC2. The smallest absolute Gasteiger partial charge is 0.412 e. The molecule has 0 spiro atoms. The van der Waals surface area contributed by atoms with E-state index in [1.165, 1.54) is 0 Å². The number of fused-ring (bicyclic) bond motifs is 1. The number of hydrogen-bond acceptors (Lipinski definition) is 3. The molecule has 0 atom stereocenters. The fourth-order valence-corrected chi connectivity index (χ4v) is 2.34. The Kier molecular flexibility index (Phi) is 3.60. The summed E-state index contributed by atoms with van der Waals surface area (Å²) in [5, 5.41) is 2.68. The molecule has 0 aromatic heterocycles. The molecule has 0 aliphatic heterocycles. The van der Waals surface area contributed by atoms with Crippen LogP contribution >= 0.6 is 0 Å². The molecule has 1 amide bonds. The van der Waals surface area contributed by atoms with Gasteiger partial charge in [0.2, 0.25) is 0 Å². The number of ether oxygens (including phenoxy) is 1. The van der Waals surface area contributed by atoms with E-state index in [0.29, 0.717) is 11.3 Å². The average molecular weight is 261 g/mol. The summed E-state index contributed by atoms with van der Waals surface area (Å²) in [6.07, 6.45) is 3.31. The van der Waals surface area contributed by atoms with E-state index in [1.807, 2.05) is 26.8 Å². The molecule has 0 unspecified atom stereocenters. The van der Waals surface area contributed by atoms with Gasteiger partial charge in [-0.2, -0.15) is 0 Å². The Balaban J connectivity index is 2.18. The molecule has 1 N–H and O–H groups in total. The first-order valence-corrected chi connectivity index (χ1v) is 6.50. The number of hydrogen-bond donors (Lipinski definition) is 1.